The summed E-state index contributed by atoms with van der Waals surface area (Å²) >= 11 is 0. The Kier molecular flexibility index (Phi) is 8.08. The van der Waals surface area contributed by atoms with Crippen molar-refractivity contribution < 1.29 is 19.1 Å². The van der Waals surface area contributed by atoms with Gasteiger partial charge in [0.05, 0.1) is 13.7 Å². The van der Waals surface area contributed by atoms with E-state index in [1.54, 1.807) is 43.5 Å². The van der Waals surface area contributed by atoms with E-state index in [4.69, 9.17) is 9.47 Å². The molecule has 0 aliphatic heterocycles. The number of hydrogen-bond donors (Lipinski definition) is 2. The van der Waals surface area contributed by atoms with Crippen molar-refractivity contribution in [3.8, 4) is 11.5 Å². The first-order chi connectivity index (χ1) is 15.9. The molecule has 2 N–H and O–H groups in total. The number of aryl methyl sites for hydroxylation is 2. The maximum atomic E-state index is 12.9. The van der Waals surface area contributed by atoms with Crippen LogP contribution in [-0.2, 0) is 0 Å². The molecule has 0 atom stereocenters. The Morgan fingerprint density at radius 2 is 1.30 bits per heavy atom. The number of methoxy groups -OCH3 is 1. The van der Waals surface area contributed by atoms with Crippen LogP contribution in [0.25, 0.3) is 0 Å². The zero-order valence-electron chi connectivity index (χ0n) is 19.5. The maximum Gasteiger partial charge on any atom is 0.253 e. The Morgan fingerprint density at radius 3 is 1.76 bits per heavy atom. The molecular weight excluding hydrogens is 416 g/mol. The van der Waals surface area contributed by atoms with E-state index in [1.165, 1.54) is 0 Å². The molecule has 0 saturated carbocycles. The minimum atomic E-state index is -0.776. The van der Waals surface area contributed by atoms with Crippen molar-refractivity contribution in [3.63, 3.8) is 0 Å². The first kappa shape index (κ1) is 23.9. The van der Waals surface area contributed by atoms with E-state index >= 15 is 0 Å². The molecule has 3 rings (SSSR count). The van der Waals surface area contributed by atoms with Crippen molar-refractivity contribution in [1.29, 1.82) is 0 Å². The van der Waals surface area contributed by atoms with Gasteiger partial charge in [-0.05, 0) is 62.2 Å². The van der Waals surface area contributed by atoms with E-state index in [1.807, 2.05) is 51.1 Å². The molecule has 0 aliphatic rings. The van der Waals surface area contributed by atoms with E-state index in [2.05, 4.69) is 10.6 Å². The molecule has 0 unspecified atom stereocenters. The standard InChI is InChI=1S/C27H30N2O4/c1-5-16-33-23-15-14-22(17-24(23)32-4)25(28-26(30)20-10-6-18(2)7-11-20)29-27(31)21-12-8-19(3)9-13-21/h6-15,17,25H,5,16H2,1-4H3,(H,28,30)(H,29,31). The van der Waals surface area contributed by atoms with Crippen LogP contribution in [0.3, 0.4) is 0 Å². The smallest absolute Gasteiger partial charge is 0.253 e. The molecule has 0 saturated heterocycles. The van der Waals surface area contributed by atoms with Gasteiger partial charge in [-0.3, -0.25) is 9.59 Å². The van der Waals surface area contributed by atoms with Gasteiger partial charge in [0, 0.05) is 11.1 Å². The third kappa shape index (κ3) is 6.35. The second-order valence-electron chi connectivity index (χ2n) is 7.87. The van der Waals surface area contributed by atoms with Crippen LogP contribution >= 0.6 is 0 Å². The molecule has 172 valence electrons. The van der Waals surface area contributed by atoms with Crippen LogP contribution in [-0.4, -0.2) is 25.5 Å². The normalized spacial score (nSPS) is 10.6. The predicted molar refractivity (Wildman–Crippen MR) is 129 cm³/mol. The third-order valence-corrected chi connectivity index (χ3v) is 5.16. The van der Waals surface area contributed by atoms with Gasteiger partial charge in [-0.15, -0.1) is 0 Å². The van der Waals surface area contributed by atoms with Crippen LogP contribution in [0.5, 0.6) is 11.5 Å². The highest BCUT2D eigenvalue weighted by Gasteiger charge is 2.21. The second-order valence-corrected chi connectivity index (χ2v) is 7.87. The largest absolute Gasteiger partial charge is 0.493 e. The maximum absolute atomic E-state index is 12.9. The van der Waals surface area contributed by atoms with Crippen LogP contribution in [0, 0.1) is 13.8 Å². The Morgan fingerprint density at radius 1 is 0.788 bits per heavy atom. The quantitative estimate of drug-likeness (QED) is 0.456. The molecule has 0 aliphatic carbocycles. The number of ether oxygens (including phenoxy) is 2. The molecule has 0 radical (unpaired) electrons. The zero-order chi connectivity index (χ0) is 23.8. The summed E-state index contributed by atoms with van der Waals surface area (Å²) in [5, 5.41) is 5.86. The summed E-state index contributed by atoms with van der Waals surface area (Å²) in [4.78, 5) is 25.9. The molecule has 2 amide bonds. The van der Waals surface area contributed by atoms with Gasteiger partial charge in [0.2, 0.25) is 0 Å². The summed E-state index contributed by atoms with van der Waals surface area (Å²) in [5.74, 6) is 0.542. The lowest BCUT2D eigenvalue weighted by Crippen LogP contribution is -2.41. The molecule has 33 heavy (non-hydrogen) atoms. The van der Waals surface area contributed by atoms with Gasteiger partial charge in [0.25, 0.3) is 11.8 Å². The minimum absolute atomic E-state index is 0.297. The molecule has 3 aromatic rings. The molecule has 6 nitrogen and oxygen atoms in total. The van der Waals surface area contributed by atoms with Gasteiger partial charge in [0.15, 0.2) is 11.5 Å². The zero-order valence-corrected chi connectivity index (χ0v) is 19.5. The lowest BCUT2D eigenvalue weighted by Gasteiger charge is -2.22. The van der Waals surface area contributed by atoms with Crippen molar-refractivity contribution in [1.82, 2.24) is 10.6 Å². The van der Waals surface area contributed by atoms with Crippen LogP contribution in [0.4, 0.5) is 0 Å². The van der Waals surface area contributed by atoms with E-state index in [0.717, 1.165) is 17.5 Å². The number of nitrogens with one attached hydrogen (secondary N) is 2. The van der Waals surface area contributed by atoms with Gasteiger partial charge < -0.3 is 20.1 Å². The summed E-state index contributed by atoms with van der Waals surface area (Å²) in [6, 6.07) is 19.9. The first-order valence-corrected chi connectivity index (χ1v) is 11.0. The molecule has 0 heterocycles. The molecular formula is C27H30N2O4. The van der Waals surface area contributed by atoms with Crippen LogP contribution in [0.2, 0.25) is 0 Å². The van der Waals surface area contributed by atoms with E-state index in [9.17, 15) is 9.59 Å². The van der Waals surface area contributed by atoms with Gasteiger partial charge in [-0.1, -0.05) is 48.4 Å². The first-order valence-electron chi connectivity index (χ1n) is 11.0. The summed E-state index contributed by atoms with van der Waals surface area (Å²) < 4.78 is 11.2. The highest BCUT2D eigenvalue weighted by Crippen LogP contribution is 2.30. The number of rotatable bonds is 9. The Bertz CT molecular complexity index is 1030. The number of carbonyl (C=O) groups is 2. The minimum Gasteiger partial charge on any atom is -0.493 e. The average Bonchev–Trinajstić information content (AvgIpc) is 2.83. The SMILES string of the molecule is CCCOc1ccc(C(NC(=O)c2ccc(C)cc2)NC(=O)c2ccc(C)cc2)cc1OC. The van der Waals surface area contributed by atoms with Crippen LogP contribution in [0.15, 0.2) is 66.7 Å². The summed E-state index contributed by atoms with van der Waals surface area (Å²) in [6.07, 6.45) is 0.0916. The molecule has 0 aromatic heterocycles. The lowest BCUT2D eigenvalue weighted by molar-refractivity contribution is 0.0883. The Hall–Kier alpha value is -3.80. The van der Waals surface area contributed by atoms with E-state index < -0.39 is 6.17 Å². The van der Waals surface area contributed by atoms with Crippen molar-refractivity contribution in [3.05, 3.63) is 94.5 Å². The molecule has 0 spiro atoms. The van der Waals surface area contributed by atoms with Crippen molar-refractivity contribution >= 4 is 11.8 Å². The molecule has 0 fully saturated rings. The molecule has 0 bridgehead atoms. The number of benzene rings is 3. The fourth-order valence-corrected chi connectivity index (χ4v) is 3.24. The molecule has 6 heteroatoms. The lowest BCUT2D eigenvalue weighted by atomic mass is 10.1. The van der Waals surface area contributed by atoms with Gasteiger partial charge >= 0.3 is 0 Å². The Balaban J connectivity index is 1.90. The van der Waals surface area contributed by atoms with Crippen molar-refractivity contribution in [2.45, 2.75) is 33.4 Å². The summed E-state index contributed by atoms with van der Waals surface area (Å²) in [7, 11) is 1.56. The fourth-order valence-electron chi connectivity index (χ4n) is 3.24. The number of hydrogen-bond acceptors (Lipinski definition) is 4. The predicted octanol–water partition coefficient (Wildman–Crippen LogP) is 4.96. The van der Waals surface area contributed by atoms with Gasteiger partial charge in [-0.2, -0.15) is 0 Å². The highest BCUT2D eigenvalue weighted by molar-refractivity contribution is 5.96. The Labute approximate surface area is 194 Å². The third-order valence-electron chi connectivity index (χ3n) is 5.16. The van der Waals surface area contributed by atoms with Crippen LogP contribution in [0.1, 0.15) is 56.9 Å². The number of carbonyl (C=O) groups excluding carboxylic acids is 2. The summed E-state index contributed by atoms with van der Waals surface area (Å²) in [6.45, 7) is 6.51. The highest BCUT2D eigenvalue weighted by atomic mass is 16.5. The monoisotopic (exact) mass is 446 g/mol. The van der Waals surface area contributed by atoms with Crippen LogP contribution < -0.4 is 20.1 Å². The number of amides is 2. The van der Waals surface area contributed by atoms with E-state index in [0.29, 0.717) is 34.8 Å². The van der Waals surface area contributed by atoms with Crippen molar-refractivity contribution in [2.24, 2.45) is 0 Å². The van der Waals surface area contributed by atoms with Gasteiger partial charge in [-0.25, -0.2) is 0 Å². The molecule has 3 aromatic carbocycles. The van der Waals surface area contributed by atoms with E-state index in [-0.39, 0.29) is 11.8 Å². The van der Waals surface area contributed by atoms with Crippen molar-refractivity contribution in [2.75, 3.05) is 13.7 Å². The topological polar surface area (TPSA) is 76.7 Å². The van der Waals surface area contributed by atoms with Gasteiger partial charge in [0.1, 0.15) is 6.17 Å². The average molecular weight is 447 g/mol. The summed E-state index contributed by atoms with van der Waals surface area (Å²) in [5.41, 5.74) is 3.79. The second kappa shape index (κ2) is 11.2. The fraction of sp³-hybridized carbons (Fsp3) is 0.259.